The number of benzene rings is 2. The van der Waals surface area contributed by atoms with Crippen LogP contribution in [0.25, 0.3) is 6.08 Å². The Labute approximate surface area is 143 Å². The molecule has 0 saturated carbocycles. The summed E-state index contributed by atoms with van der Waals surface area (Å²) >= 11 is 3.50. The van der Waals surface area contributed by atoms with Gasteiger partial charge in [-0.15, -0.1) is 0 Å². The van der Waals surface area contributed by atoms with E-state index in [-0.39, 0.29) is 12.7 Å². The molecule has 0 fully saturated rings. The van der Waals surface area contributed by atoms with Gasteiger partial charge in [-0.1, -0.05) is 40.2 Å². The molecule has 0 aromatic heterocycles. The number of hydrogen-bond acceptors (Lipinski definition) is 3. The molecule has 0 spiro atoms. The molecule has 118 valence electrons. The van der Waals surface area contributed by atoms with E-state index in [2.05, 4.69) is 15.9 Å². The maximum absolute atomic E-state index is 12.2. The average molecular weight is 374 g/mol. The van der Waals surface area contributed by atoms with Gasteiger partial charge in [-0.05, 0) is 35.4 Å². The zero-order valence-electron chi connectivity index (χ0n) is 12.7. The van der Waals surface area contributed by atoms with Gasteiger partial charge in [0.15, 0.2) is 11.5 Å². The molecule has 5 heteroatoms. The number of carbonyl (C=O) groups is 1. The normalized spacial score (nSPS) is 12.6. The number of likely N-dealkylation sites (N-methyl/N-ethyl adjacent to an activating group) is 1. The topological polar surface area (TPSA) is 38.8 Å². The van der Waals surface area contributed by atoms with Gasteiger partial charge in [0.25, 0.3) is 0 Å². The first kappa shape index (κ1) is 15.6. The number of halogens is 1. The molecule has 0 bridgehead atoms. The van der Waals surface area contributed by atoms with Crippen molar-refractivity contribution in [1.82, 2.24) is 4.90 Å². The lowest BCUT2D eigenvalue weighted by molar-refractivity contribution is -0.125. The van der Waals surface area contributed by atoms with Gasteiger partial charge in [0.1, 0.15) is 0 Å². The number of hydrogen-bond donors (Lipinski definition) is 0. The van der Waals surface area contributed by atoms with Crippen LogP contribution in [0.15, 0.2) is 53.0 Å². The van der Waals surface area contributed by atoms with Crippen LogP contribution in [-0.4, -0.2) is 24.6 Å². The largest absolute Gasteiger partial charge is 0.454 e. The summed E-state index contributed by atoms with van der Waals surface area (Å²) in [5.74, 6) is 1.39. The number of rotatable bonds is 4. The molecule has 0 saturated heterocycles. The first-order valence-electron chi connectivity index (χ1n) is 7.20. The lowest BCUT2D eigenvalue weighted by atomic mass is 10.2. The van der Waals surface area contributed by atoms with Crippen LogP contribution < -0.4 is 9.47 Å². The Morgan fingerprint density at radius 3 is 2.83 bits per heavy atom. The highest BCUT2D eigenvalue weighted by Gasteiger charge is 2.12. The van der Waals surface area contributed by atoms with Crippen molar-refractivity contribution in [3.8, 4) is 11.5 Å². The lowest BCUT2D eigenvalue weighted by Gasteiger charge is -2.16. The molecule has 0 N–H and O–H groups in total. The third-order valence-corrected chi connectivity index (χ3v) is 4.33. The quantitative estimate of drug-likeness (QED) is 0.764. The number of ether oxygens (including phenoxy) is 2. The first-order chi connectivity index (χ1) is 11.1. The van der Waals surface area contributed by atoms with E-state index >= 15 is 0 Å². The standard InChI is InChI=1S/C18H16BrNO3/c1-20(11-14-4-2-3-5-15(14)19)18(21)9-7-13-6-8-16-17(10-13)23-12-22-16/h2-10H,11-12H2,1H3. The molecular weight excluding hydrogens is 358 g/mol. The third-order valence-electron chi connectivity index (χ3n) is 3.56. The van der Waals surface area contributed by atoms with E-state index in [0.717, 1.165) is 21.3 Å². The van der Waals surface area contributed by atoms with Crippen molar-refractivity contribution in [2.45, 2.75) is 6.54 Å². The van der Waals surface area contributed by atoms with Gasteiger partial charge in [-0.3, -0.25) is 4.79 Å². The summed E-state index contributed by atoms with van der Waals surface area (Å²) in [5, 5.41) is 0. The van der Waals surface area contributed by atoms with Gasteiger partial charge >= 0.3 is 0 Å². The fourth-order valence-corrected chi connectivity index (χ4v) is 2.68. The highest BCUT2D eigenvalue weighted by Crippen LogP contribution is 2.32. The molecule has 2 aromatic rings. The zero-order valence-corrected chi connectivity index (χ0v) is 14.2. The van der Waals surface area contributed by atoms with E-state index in [1.54, 1.807) is 24.1 Å². The van der Waals surface area contributed by atoms with E-state index in [4.69, 9.17) is 9.47 Å². The maximum Gasteiger partial charge on any atom is 0.246 e. The summed E-state index contributed by atoms with van der Waals surface area (Å²) in [5.41, 5.74) is 1.97. The van der Waals surface area contributed by atoms with Crippen molar-refractivity contribution in [1.29, 1.82) is 0 Å². The highest BCUT2D eigenvalue weighted by atomic mass is 79.9. The Kier molecular flexibility index (Phi) is 4.67. The predicted octanol–water partition coefficient (Wildman–Crippen LogP) is 3.85. The zero-order chi connectivity index (χ0) is 16.2. The van der Waals surface area contributed by atoms with E-state index in [0.29, 0.717) is 12.3 Å². The van der Waals surface area contributed by atoms with Crippen LogP contribution >= 0.6 is 15.9 Å². The molecule has 1 amide bonds. The molecule has 0 aliphatic carbocycles. The Balaban J connectivity index is 1.65. The molecular formula is C18H16BrNO3. The van der Waals surface area contributed by atoms with Gasteiger partial charge in [-0.25, -0.2) is 0 Å². The average Bonchev–Trinajstić information content (AvgIpc) is 3.02. The van der Waals surface area contributed by atoms with E-state index in [9.17, 15) is 4.79 Å². The Bertz CT molecular complexity index is 758. The van der Waals surface area contributed by atoms with Crippen LogP contribution in [0.1, 0.15) is 11.1 Å². The minimum absolute atomic E-state index is 0.0570. The second-order valence-electron chi connectivity index (χ2n) is 5.23. The molecule has 4 nitrogen and oxygen atoms in total. The van der Waals surface area contributed by atoms with E-state index in [1.807, 2.05) is 42.5 Å². The summed E-state index contributed by atoms with van der Waals surface area (Å²) in [6.07, 6.45) is 3.34. The first-order valence-corrected chi connectivity index (χ1v) is 7.99. The molecule has 1 heterocycles. The lowest BCUT2D eigenvalue weighted by Crippen LogP contribution is -2.24. The fourth-order valence-electron chi connectivity index (χ4n) is 2.27. The molecule has 2 aromatic carbocycles. The molecule has 0 unspecified atom stereocenters. The Morgan fingerprint density at radius 2 is 2.00 bits per heavy atom. The number of nitrogens with zero attached hydrogens (tertiary/aromatic N) is 1. The van der Waals surface area contributed by atoms with Crippen molar-refractivity contribution in [3.63, 3.8) is 0 Å². The Morgan fingerprint density at radius 1 is 1.22 bits per heavy atom. The summed E-state index contributed by atoms with van der Waals surface area (Å²) in [6.45, 7) is 0.794. The van der Waals surface area contributed by atoms with Crippen LogP contribution in [0.2, 0.25) is 0 Å². The number of carbonyl (C=O) groups excluding carboxylic acids is 1. The smallest absolute Gasteiger partial charge is 0.246 e. The van der Waals surface area contributed by atoms with Crippen LogP contribution in [0.3, 0.4) is 0 Å². The third kappa shape index (κ3) is 3.74. The molecule has 0 radical (unpaired) electrons. The SMILES string of the molecule is CN(Cc1ccccc1Br)C(=O)C=Cc1ccc2c(c1)OCO2. The van der Waals surface area contributed by atoms with Crippen molar-refractivity contribution < 1.29 is 14.3 Å². The second kappa shape index (κ2) is 6.87. The van der Waals surface area contributed by atoms with Crippen LogP contribution in [-0.2, 0) is 11.3 Å². The van der Waals surface area contributed by atoms with Crippen LogP contribution in [0, 0.1) is 0 Å². The van der Waals surface area contributed by atoms with Crippen molar-refractivity contribution in [2.75, 3.05) is 13.8 Å². The second-order valence-corrected chi connectivity index (χ2v) is 6.09. The van der Waals surface area contributed by atoms with Crippen molar-refractivity contribution in [3.05, 3.63) is 64.1 Å². The molecule has 0 atom stereocenters. The minimum atomic E-state index is -0.0570. The van der Waals surface area contributed by atoms with Gasteiger partial charge < -0.3 is 14.4 Å². The monoisotopic (exact) mass is 373 g/mol. The van der Waals surface area contributed by atoms with Gasteiger partial charge in [0, 0.05) is 24.1 Å². The maximum atomic E-state index is 12.2. The summed E-state index contributed by atoms with van der Waals surface area (Å²) in [4.78, 5) is 13.9. The fraction of sp³-hybridized carbons (Fsp3) is 0.167. The van der Waals surface area contributed by atoms with Crippen molar-refractivity contribution in [2.24, 2.45) is 0 Å². The summed E-state index contributed by atoms with van der Waals surface area (Å²) < 4.78 is 11.6. The Hall–Kier alpha value is -2.27. The predicted molar refractivity (Wildman–Crippen MR) is 92.2 cm³/mol. The van der Waals surface area contributed by atoms with Gasteiger partial charge in [0.05, 0.1) is 0 Å². The molecule has 1 aliphatic heterocycles. The molecule has 3 rings (SSSR count). The van der Waals surface area contributed by atoms with E-state index in [1.165, 1.54) is 0 Å². The number of fused-ring (bicyclic) bond motifs is 1. The molecule has 1 aliphatic rings. The highest BCUT2D eigenvalue weighted by molar-refractivity contribution is 9.10. The molecule has 23 heavy (non-hydrogen) atoms. The van der Waals surface area contributed by atoms with Gasteiger partial charge in [-0.2, -0.15) is 0 Å². The van der Waals surface area contributed by atoms with Crippen LogP contribution in [0.5, 0.6) is 11.5 Å². The van der Waals surface area contributed by atoms with Crippen LogP contribution in [0.4, 0.5) is 0 Å². The summed E-state index contributed by atoms with van der Waals surface area (Å²) in [6, 6.07) is 13.5. The van der Waals surface area contributed by atoms with Gasteiger partial charge in [0.2, 0.25) is 12.7 Å². The number of amides is 1. The minimum Gasteiger partial charge on any atom is -0.454 e. The van der Waals surface area contributed by atoms with E-state index < -0.39 is 0 Å². The van der Waals surface area contributed by atoms with Crippen molar-refractivity contribution >= 4 is 27.9 Å². The summed E-state index contributed by atoms with van der Waals surface area (Å²) in [7, 11) is 1.78.